The highest BCUT2D eigenvalue weighted by molar-refractivity contribution is 9.11. The molecule has 0 atom stereocenters. The first-order chi connectivity index (χ1) is 9.88. The van der Waals surface area contributed by atoms with Crippen molar-refractivity contribution in [1.82, 2.24) is 0 Å². The van der Waals surface area contributed by atoms with E-state index in [2.05, 4.69) is 31.9 Å². The summed E-state index contributed by atoms with van der Waals surface area (Å²) in [6, 6.07) is 8.86. The lowest BCUT2D eigenvalue weighted by atomic mass is 10.1. The van der Waals surface area contributed by atoms with E-state index in [0.717, 1.165) is 20.1 Å². The lowest BCUT2D eigenvalue weighted by Gasteiger charge is -2.13. The minimum absolute atomic E-state index is 0.381. The highest BCUT2D eigenvalue weighted by Gasteiger charge is 2.10. The normalized spacial score (nSPS) is 10.4. The maximum absolute atomic E-state index is 11.1. The number of rotatable bonds is 4. The Morgan fingerprint density at radius 1 is 1.19 bits per heavy atom. The molecule has 4 nitrogen and oxygen atoms in total. The van der Waals surface area contributed by atoms with Crippen LogP contribution in [0.1, 0.15) is 21.5 Å². The number of anilines is 1. The molecule has 1 amide bonds. The van der Waals surface area contributed by atoms with E-state index in [1.165, 1.54) is 0 Å². The van der Waals surface area contributed by atoms with Crippen molar-refractivity contribution >= 4 is 43.5 Å². The van der Waals surface area contributed by atoms with Crippen LogP contribution in [0, 0.1) is 6.92 Å². The smallest absolute Gasteiger partial charge is 0.248 e. The van der Waals surface area contributed by atoms with Crippen LogP contribution in [0.25, 0.3) is 0 Å². The first-order valence-electron chi connectivity index (χ1n) is 6.15. The van der Waals surface area contributed by atoms with Crippen molar-refractivity contribution < 1.29 is 9.53 Å². The van der Waals surface area contributed by atoms with Gasteiger partial charge in [0.25, 0.3) is 0 Å². The zero-order chi connectivity index (χ0) is 15.6. The van der Waals surface area contributed by atoms with Crippen molar-refractivity contribution in [2.24, 2.45) is 5.73 Å². The van der Waals surface area contributed by atoms with Crippen LogP contribution in [0.2, 0.25) is 0 Å². The van der Waals surface area contributed by atoms with E-state index >= 15 is 0 Å². The van der Waals surface area contributed by atoms with Crippen LogP contribution in [-0.4, -0.2) is 5.91 Å². The highest BCUT2D eigenvalue weighted by atomic mass is 79.9. The van der Waals surface area contributed by atoms with Gasteiger partial charge < -0.3 is 16.2 Å². The Bertz CT molecular complexity index is 679. The number of ether oxygens (including phenoxy) is 1. The van der Waals surface area contributed by atoms with Gasteiger partial charge in [-0.3, -0.25) is 4.79 Å². The molecule has 110 valence electrons. The number of hydrogen-bond donors (Lipinski definition) is 2. The molecule has 0 aliphatic heterocycles. The summed E-state index contributed by atoms with van der Waals surface area (Å²) < 4.78 is 7.38. The summed E-state index contributed by atoms with van der Waals surface area (Å²) in [7, 11) is 0. The monoisotopic (exact) mass is 412 g/mol. The Kier molecular flexibility index (Phi) is 4.90. The Morgan fingerprint density at radius 3 is 2.33 bits per heavy atom. The zero-order valence-electron chi connectivity index (χ0n) is 11.3. The molecule has 0 bridgehead atoms. The van der Waals surface area contributed by atoms with Crippen molar-refractivity contribution in [3.8, 4) is 5.75 Å². The summed E-state index contributed by atoms with van der Waals surface area (Å²) in [5, 5.41) is 0. The SMILES string of the molecule is Cc1cc(C(N)=O)ccc1COc1c(Br)cc(N)cc1Br. The number of nitrogen functional groups attached to an aromatic ring is 1. The fourth-order valence-electron chi connectivity index (χ4n) is 1.88. The van der Waals surface area contributed by atoms with Crippen LogP contribution in [0.15, 0.2) is 39.3 Å². The molecule has 0 aliphatic carbocycles. The Hall–Kier alpha value is -1.53. The number of halogens is 2. The molecular formula is C15H14Br2N2O2. The molecule has 0 aromatic heterocycles. The highest BCUT2D eigenvalue weighted by Crippen LogP contribution is 2.36. The van der Waals surface area contributed by atoms with Gasteiger partial charge >= 0.3 is 0 Å². The van der Waals surface area contributed by atoms with Crippen molar-refractivity contribution in [2.45, 2.75) is 13.5 Å². The van der Waals surface area contributed by atoms with Gasteiger partial charge in [0.15, 0.2) is 0 Å². The average molecular weight is 414 g/mol. The number of aryl methyl sites for hydroxylation is 1. The average Bonchev–Trinajstić information content (AvgIpc) is 2.38. The van der Waals surface area contributed by atoms with Crippen LogP contribution < -0.4 is 16.2 Å². The van der Waals surface area contributed by atoms with Gasteiger partial charge in [-0.25, -0.2) is 0 Å². The maximum atomic E-state index is 11.1. The number of carbonyl (C=O) groups excluding carboxylic acids is 1. The number of benzene rings is 2. The predicted octanol–water partition coefficient (Wildman–Crippen LogP) is 3.78. The first kappa shape index (κ1) is 15.9. The lowest BCUT2D eigenvalue weighted by molar-refractivity contribution is 0.1000. The molecule has 0 saturated heterocycles. The molecule has 21 heavy (non-hydrogen) atoms. The Morgan fingerprint density at radius 2 is 1.81 bits per heavy atom. The molecule has 0 saturated carbocycles. The predicted molar refractivity (Wildman–Crippen MR) is 90.3 cm³/mol. The topological polar surface area (TPSA) is 78.3 Å². The van der Waals surface area contributed by atoms with Gasteiger partial charge in [-0.2, -0.15) is 0 Å². The summed E-state index contributed by atoms with van der Waals surface area (Å²) in [5.41, 5.74) is 14.1. The maximum Gasteiger partial charge on any atom is 0.248 e. The van der Waals surface area contributed by atoms with Crippen LogP contribution in [0.4, 0.5) is 5.69 Å². The molecule has 0 unspecified atom stereocenters. The number of primary amides is 1. The zero-order valence-corrected chi connectivity index (χ0v) is 14.5. The Balaban J connectivity index is 2.19. The minimum atomic E-state index is -0.436. The van der Waals surface area contributed by atoms with Crippen molar-refractivity contribution in [3.63, 3.8) is 0 Å². The van der Waals surface area contributed by atoms with Gasteiger partial charge in [0.1, 0.15) is 12.4 Å². The number of amides is 1. The van der Waals surface area contributed by atoms with Crippen molar-refractivity contribution in [3.05, 3.63) is 56.0 Å². The van der Waals surface area contributed by atoms with Crippen LogP contribution in [-0.2, 0) is 6.61 Å². The molecule has 0 radical (unpaired) electrons. The summed E-state index contributed by atoms with van der Waals surface area (Å²) >= 11 is 6.85. The molecule has 2 aromatic carbocycles. The van der Waals surface area contributed by atoms with Gasteiger partial charge in [0.2, 0.25) is 5.91 Å². The van der Waals surface area contributed by atoms with Gasteiger partial charge in [0, 0.05) is 11.3 Å². The standard InChI is InChI=1S/C15H14Br2N2O2/c1-8-4-9(15(19)20)2-3-10(8)7-21-14-12(16)5-11(18)6-13(14)17/h2-6H,7,18H2,1H3,(H2,19,20). The van der Waals surface area contributed by atoms with Gasteiger partial charge in [-0.05, 0) is 74.2 Å². The van der Waals surface area contributed by atoms with Gasteiger partial charge in [0.05, 0.1) is 8.95 Å². The summed E-state index contributed by atoms with van der Waals surface area (Å²) in [6.07, 6.45) is 0. The third kappa shape index (κ3) is 3.77. The minimum Gasteiger partial charge on any atom is -0.487 e. The second-order valence-electron chi connectivity index (χ2n) is 4.61. The molecule has 0 heterocycles. The number of carbonyl (C=O) groups is 1. The quantitative estimate of drug-likeness (QED) is 0.748. The fraction of sp³-hybridized carbons (Fsp3) is 0.133. The van der Waals surface area contributed by atoms with Crippen LogP contribution in [0.5, 0.6) is 5.75 Å². The van der Waals surface area contributed by atoms with Crippen LogP contribution >= 0.6 is 31.9 Å². The van der Waals surface area contributed by atoms with E-state index in [9.17, 15) is 4.79 Å². The molecule has 4 N–H and O–H groups in total. The van der Waals surface area contributed by atoms with Crippen molar-refractivity contribution in [1.29, 1.82) is 0 Å². The van der Waals surface area contributed by atoms with E-state index < -0.39 is 5.91 Å². The number of hydrogen-bond acceptors (Lipinski definition) is 3. The van der Waals surface area contributed by atoms with Crippen molar-refractivity contribution in [2.75, 3.05) is 5.73 Å². The first-order valence-corrected chi connectivity index (χ1v) is 7.73. The second kappa shape index (κ2) is 6.49. The van der Waals surface area contributed by atoms with E-state index in [4.69, 9.17) is 16.2 Å². The molecule has 0 aliphatic rings. The largest absolute Gasteiger partial charge is 0.487 e. The summed E-state index contributed by atoms with van der Waals surface area (Å²) in [6.45, 7) is 2.30. The molecule has 0 spiro atoms. The van der Waals surface area contributed by atoms with Gasteiger partial charge in [-0.15, -0.1) is 0 Å². The van der Waals surface area contributed by atoms with E-state index in [-0.39, 0.29) is 0 Å². The van der Waals surface area contributed by atoms with E-state index in [1.807, 2.05) is 13.0 Å². The third-order valence-electron chi connectivity index (χ3n) is 3.02. The third-order valence-corrected chi connectivity index (χ3v) is 4.20. The summed E-state index contributed by atoms with van der Waals surface area (Å²) in [5.74, 6) is 0.247. The van der Waals surface area contributed by atoms with Gasteiger partial charge in [-0.1, -0.05) is 6.07 Å². The Labute approximate surface area is 139 Å². The molecule has 2 rings (SSSR count). The molecule has 6 heteroatoms. The van der Waals surface area contributed by atoms with Crippen LogP contribution in [0.3, 0.4) is 0 Å². The fourth-order valence-corrected chi connectivity index (χ4v) is 3.33. The molecule has 0 fully saturated rings. The second-order valence-corrected chi connectivity index (χ2v) is 6.32. The lowest BCUT2D eigenvalue weighted by Crippen LogP contribution is -2.11. The van der Waals surface area contributed by atoms with E-state index in [0.29, 0.717) is 23.6 Å². The van der Waals surface area contributed by atoms with E-state index in [1.54, 1.807) is 24.3 Å². The summed E-state index contributed by atoms with van der Waals surface area (Å²) in [4.78, 5) is 11.1. The molecular weight excluding hydrogens is 400 g/mol. The molecule has 2 aromatic rings. The number of nitrogens with two attached hydrogens (primary N) is 2.